The lowest BCUT2D eigenvalue weighted by molar-refractivity contribution is 0.403. The van der Waals surface area contributed by atoms with Crippen LogP contribution in [0.1, 0.15) is 36.8 Å². The van der Waals surface area contributed by atoms with Gasteiger partial charge in [-0.05, 0) is 68.5 Å². The fraction of sp³-hybridized carbons (Fsp3) is 0.533. The quantitative estimate of drug-likeness (QED) is 0.822. The highest BCUT2D eigenvalue weighted by atomic mass is 14.5. The highest BCUT2D eigenvalue weighted by Gasteiger charge is 2.13. The van der Waals surface area contributed by atoms with Gasteiger partial charge in [-0.3, -0.25) is 0 Å². The van der Waals surface area contributed by atoms with Crippen LogP contribution in [-0.4, -0.2) is 6.54 Å². The molecule has 16 heavy (non-hydrogen) atoms. The normalized spacial score (nSPS) is 17.6. The van der Waals surface area contributed by atoms with E-state index in [1.54, 1.807) is 0 Å². The van der Waals surface area contributed by atoms with Crippen LogP contribution in [0.25, 0.3) is 0 Å². The lowest BCUT2D eigenvalue weighted by Gasteiger charge is -2.21. The first kappa shape index (κ1) is 11.7. The maximum absolute atomic E-state index is 5.59. The maximum Gasteiger partial charge on any atom is -0.00367 e. The van der Waals surface area contributed by atoms with Crippen LogP contribution in [0.3, 0.4) is 0 Å². The van der Waals surface area contributed by atoms with Crippen molar-refractivity contribution in [2.24, 2.45) is 11.7 Å². The smallest absolute Gasteiger partial charge is 0.00367 e. The van der Waals surface area contributed by atoms with Crippen LogP contribution in [0.4, 0.5) is 0 Å². The molecular weight excluding hydrogens is 194 g/mol. The molecule has 0 atom stereocenters. The zero-order valence-electron chi connectivity index (χ0n) is 9.99. The molecule has 0 heterocycles. The summed E-state index contributed by atoms with van der Waals surface area (Å²) in [6.45, 7) is 0.752. The van der Waals surface area contributed by atoms with E-state index < -0.39 is 0 Å². The standard InChI is InChI=1S/C15H22N/c16-10-9-14-7-4-8-15(12-14)11-13-5-2-1-3-6-13/h1,4,7-8,12-13H,2-3,5-6,9-11,16H2. The maximum atomic E-state index is 5.59. The molecule has 1 fully saturated rings. The number of hydrogen-bond donors (Lipinski definition) is 1. The summed E-state index contributed by atoms with van der Waals surface area (Å²) in [5.41, 5.74) is 8.48. The van der Waals surface area contributed by atoms with E-state index in [0.717, 1.165) is 18.9 Å². The molecule has 0 bridgehead atoms. The minimum absolute atomic E-state index is 0.752. The van der Waals surface area contributed by atoms with Gasteiger partial charge in [-0.25, -0.2) is 0 Å². The van der Waals surface area contributed by atoms with Crippen LogP contribution in [0.5, 0.6) is 0 Å². The highest BCUT2D eigenvalue weighted by molar-refractivity contribution is 5.24. The summed E-state index contributed by atoms with van der Waals surface area (Å²) in [4.78, 5) is 0. The number of nitrogens with two attached hydrogens (primary N) is 1. The molecule has 87 valence electrons. The van der Waals surface area contributed by atoms with Crippen molar-refractivity contribution in [3.63, 3.8) is 0 Å². The minimum atomic E-state index is 0.752. The fourth-order valence-corrected chi connectivity index (χ4v) is 2.61. The van der Waals surface area contributed by atoms with Crippen molar-refractivity contribution in [2.45, 2.75) is 38.5 Å². The molecule has 2 N–H and O–H groups in total. The number of benzene rings is 1. The largest absolute Gasteiger partial charge is 0.330 e. The van der Waals surface area contributed by atoms with Crippen LogP contribution in [0.15, 0.2) is 24.3 Å². The summed E-state index contributed by atoms with van der Waals surface area (Å²) in [5, 5.41) is 0. The van der Waals surface area contributed by atoms with Gasteiger partial charge in [0.05, 0.1) is 0 Å². The molecule has 1 radical (unpaired) electrons. The Morgan fingerprint density at radius 1 is 1.12 bits per heavy atom. The molecule has 0 unspecified atom stereocenters. The fourth-order valence-electron chi connectivity index (χ4n) is 2.61. The van der Waals surface area contributed by atoms with Gasteiger partial charge < -0.3 is 5.73 Å². The summed E-state index contributed by atoms with van der Waals surface area (Å²) < 4.78 is 0. The molecule has 1 saturated carbocycles. The third kappa shape index (κ3) is 3.34. The highest BCUT2D eigenvalue weighted by Crippen LogP contribution is 2.26. The Balaban J connectivity index is 1.94. The van der Waals surface area contributed by atoms with E-state index >= 15 is 0 Å². The Labute approximate surface area is 99.0 Å². The van der Waals surface area contributed by atoms with Gasteiger partial charge >= 0.3 is 0 Å². The summed E-state index contributed by atoms with van der Waals surface area (Å²) in [6.07, 6.45) is 10.1. The topological polar surface area (TPSA) is 26.0 Å². The Bertz CT molecular complexity index is 313. The molecule has 2 rings (SSSR count). The molecule has 0 saturated heterocycles. The predicted octanol–water partition coefficient (Wildman–Crippen LogP) is 3.12. The lowest BCUT2D eigenvalue weighted by atomic mass is 9.84. The van der Waals surface area contributed by atoms with Gasteiger partial charge in [0.15, 0.2) is 0 Å². The molecule has 1 aromatic carbocycles. The van der Waals surface area contributed by atoms with Crippen molar-refractivity contribution in [1.82, 2.24) is 0 Å². The van der Waals surface area contributed by atoms with Crippen LogP contribution >= 0.6 is 0 Å². The first-order valence-corrected chi connectivity index (χ1v) is 6.48. The second-order valence-corrected chi connectivity index (χ2v) is 4.87. The molecule has 1 aliphatic rings. The first-order chi connectivity index (χ1) is 7.88. The van der Waals surface area contributed by atoms with Crippen molar-refractivity contribution in [3.8, 4) is 0 Å². The van der Waals surface area contributed by atoms with Gasteiger partial charge in [-0.1, -0.05) is 24.3 Å². The molecule has 1 nitrogen and oxygen atoms in total. The molecule has 0 aromatic heterocycles. The molecular formula is C15H22N. The van der Waals surface area contributed by atoms with E-state index in [0.29, 0.717) is 0 Å². The van der Waals surface area contributed by atoms with Gasteiger partial charge in [0, 0.05) is 0 Å². The number of hydrogen-bond acceptors (Lipinski definition) is 1. The average Bonchev–Trinajstić information content (AvgIpc) is 2.31. The van der Waals surface area contributed by atoms with Crippen molar-refractivity contribution in [1.29, 1.82) is 0 Å². The van der Waals surface area contributed by atoms with E-state index in [9.17, 15) is 0 Å². The Morgan fingerprint density at radius 2 is 1.88 bits per heavy atom. The van der Waals surface area contributed by atoms with Gasteiger partial charge in [-0.2, -0.15) is 0 Å². The molecule has 0 spiro atoms. The summed E-state index contributed by atoms with van der Waals surface area (Å²) >= 11 is 0. The molecule has 1 aliphatic carbocycles. The Hall–Kier alpha value is -0.820. The first-order valence-electron chi connectivity index (χ1n) is 6.48. The van der Waals surface area contributed by atoms with Crippen LogP contribution in [-0.2, 0) is 12.8 Å². The van der Waals surface area contributed by atoms with Crippen molar-refractivity contribution in [3.05, 3.63) is 41.8 Å². The summed E-state index contributed by atoms with van der Waals surface area (Å²) in [6, 6.07) is 8.96. The Kier molecular flexibility index (Phi) is 4.41. The van der Waals surface area contributed by atoms with Crippen LogP contribution in [0.2, 0.25) is 0 Å². The second kappa shape index (κ2) is 6.05. The number of rotatable bonds is 4. The average molecular weight is 216 g/mol. The zero-order valence-corrected chi connectivity index (χ0v) is 9.99. The monoisotopic (exact) mass is 216 g/mol. The van der Waals surface area contributed by atoms with E-state index in [1.807, 2.05) is 0 Å². The van der Waals surface area contributed by atoms with Crippen molar-refractivity contribution < 1.29 is 0 Å². The van der Waals surface area contributed by atoms with Crippen molar-refractivity contribution in [2.75, 3.05) is 6.54 Å². The third-order valence-corrected chi connectivity index (χ3v) is 3.51. The molecule has 0 aliphatic heterocycles. The molecule has 1 heteroatoms. The van der Waals surface area contributed by atoms with Gasteiger partial charge in [0.1, 0.15) is 0 Å². The van der Waals surface area contributed by atoms with Crippen LogP contribution in [0, 0.1) is 12.3 Å². The van der Waals surface area contributed by atoms with Gasteiger partial charge in [0.2, 0.25) is 0 Å². The Morgan fingerprint density at radius 3 is 2.62 bits per heavy atom. The van der Waals surface area contributed by atoms with E-state index in [1.165, 1.54) is 43.2 Å². The van der Waals surface area contributed by atoms with Crippen LogP contribution < -0.4 is 5.73 Å². The summed E-state index contributed by atoms with van der Waals surface area (Å²) in [7, 11) is 0. The lowest BCUT2D eigenvalue weighted by Crippen LogP contribution is -2.10. The minimum Gasteiger partial charge on any atom is -0.330 e. The third-order valence-electron chi connectivity index (χ3n) is 3.51. The van der Waals surface area contributed by atoms with E-state index in [-0.39, 0.29) is 0 Å². The SMILES string of the molecule is NCCc1cccc(CC2CC[CH]CC2)c1. The second-order valence-electron chi connectivity index (χ2n) is 4.87. The predicted molar refractivity (Wildman–Crippen MR) is 69.2 cm³/mol. The molecule has 1 aromatic rings. The zero-order chi connectivity index (χ0) is 11.2. The van der Waals surface area contributed by atoms with Gasteiger partial charge in [-0.15, -0.1) is 0 Å². The van der Waals surface area contributed by atoms with E-state index in [2.05, 4.69) is 30.7 Å². The van der Waals surface area contributed by atoms with Gasteiger partial charge in [0.25, 0.3) is 0 Å². The van der Waals surface area contributed by atoms with Crippen molar-refractivity contribution >= 4 is 0 Å². The molecule has 0 amide bonds. The summed E-state index contributed by atoms with van der Waals surface area (Å²) in [5.74, 6) is 0.901. The van der Waals surface area contributed by atoms with E-state index in [4.69, 9.17) is 5.73 Å².